The maximum Gasteiger partial charge on any atom is 0.323 e. The monoisotopic (exact) mass is 1890 g/mol. The molecule has 0 amide bonds. The lowest BCUT2D eigenvalue weighted by molar-refractivity contribution is -0.138. The highest BCUT2D eigenvalue weighted by Gasteiger charge is 2.27. The van der Waals surface area contributed by atoms with Gasteiger partial charge in [0, 0.05) is 65.4 Å². The van der Waals surface area contributed by atoms with Crippen LogP contribution in [0.2, 0.25) is 30.1 Å². The van der Waals surface area contributed by atoms with Crippen LogP contribution in [-0.4, -0.2) is 80.2 Å². The molecule has 0 atom stereocenters. The number of aliphatic carboxylic acids is 5. The van der Waals surface area contributed by atoms with Crippen molar-refractivity contribution in [3.05, 3.63) is 344 Å². The number of nitrogens with zero attached hydrogens (tertiary/aromatic N) is 5. The van der Waals surface area contributed by atoms with E-state index in [1.807, 2.05) is 110 Å². The number of anilines is 2. The van der Waals surface area contributed by atoms with Crippen LogP contribution >= 0.6 is 85.5 Å². The number of carboxylic acid groups (broad SMARTS) is 5. The predicted molar refractivity (Wildman–Crippen MR) is 519 cm³/mol. The van der Waals surface area contributed by atoms with Crippen LogP contribution < -0.4 is 26.6 Å². The van der Waals surface area contributed by atoms with E-state index in [-0.39, 0.29) is 84.6 Å². The van der Waals surface area contributed by atoms with Crippen LogP contribution in [0.3, 0.4) is 0 Å². The summed E-state index contributed by atoms with van der Waals surface area (Å²) in [6.45, 7) is 6.96. The van der Waals surface area contributed by atoms with Crippen molar-refractivity contribution in [2.24, 2.45) is 5.92 Å². The van der Waals surface area contributed by atoms with Crippen molar-refractivity contribution in [1.29, 1.82) is 0 Å². The van der Waals surface area contributed by atoms with Crippen molar-refractivity contribution in [2.75, 3.05) is 11.4 Å². The van der Waals surface area contributed by atoms with Crippen LogP contribution in [0, 0.1) is 19.8 Å². The number of hydrogen-bond donors (Lipinski definition) is 5. The van der Waals surface area contributed by atoms with Crippen molar-refractivity contribution in [3.63, 3.8) is 0 Å². The number of aryl methyl sites for hydroxylation is 5. The second-order valence-corrected chi connectivity index (χ2v) is 35.6. The molecule has 1 saturated carbocycles. The van der Waals surface area contributed by atoms with Crippen LogP contribution in [0.5, 0.6) is 0 Å². The van der Waals surface area contributed by atoms with E-state index < -0.39 is 29.8 Å². The summed E-state index contributed by atoms with van der Waals surface area (Å²) in [5.74, 6) is -3.51. The lowest BCUT2D eigenvalue weighted by atomic mass is 9.85. The molecule has 18 rings (SSSR count). The summed E-state index contributed by atoms with van der Waals surface area (Å²) in [5, 5.41) is 51.5. The highest BCUT2D eigenvalue weighted by molar-refractivity contribution is 9.10. The van der Waals surface area contributed by atoms with Gasteiger partial charge in [-0.25, -0.2) is 0 Å². The molecule has 0 saturated heterocycles. The lowest BCUT2D eigenvalue weighted by Crippen LogP contribution is -2.29. The van der Waals surface area contributed by atoms with Crippen molar-refractivity contribution < 1.29 is 49.5 Å². The van der Waals surface area contributed by atoms with Gasteiger partial charge in [0.15, 0.2) is 21.7 Å². The Hall–Kier alpha value is -12.1. The number of carboxylic acids is 5. The Morgan fingerprint density at radius 3 is 1.39 bits per heavy atom. The van der Waals surface area contributed by atoms with E-state index in [4.69, 9.17) is 69.6 Å². The fourth-order valence-electron chi connectivity index (χ4n) is 17.4. The number of carbonyl (C=O) groups is 5. The van der Waals surface area contributed by atoms with Gasteiger partial charge in [0.1, 0.15) is 32.7 Å². The molecule has 16 aromatic rings. The molecule has 19 nitrogen and oxygen atoms in total. The molecule has 0 spiro atoms. The van der Waals surface area contributed by atoms with E-state index in [0.717, 1.165) is 75.3 Å². The molecule has 0 bridgehead atoms. The first-order valence-electron chi connectivity index (χ1n) is 41.5. The molecule has 2 aliphatic rings. The second kappa shape index (κ2) is 40.1. The molecule has 1 fully saturated rings. The average molecular weight is 1900 g/mol. The summed E-state index contributed by atoms with van der Waals surface area (Å²) < 4.78 is 7.04. The fraction of sp³-hybridized carbons (Fsp3) is 0.206. The third-order valence-electron chi connectivity index (χ3n) is 23.4. The van der Waals surface area contributed by atoms with Gasteiger partial charge in [-0.05, 0) is 216 Å². The molecule has 1 aliphatic carbocycles. The quantitative estimate of drug-likeness (QED) is 0.0500. The number of pyridine rings is 4. The number of aromatic nitrogens is 4. The topological polar surface area (TPSA) is 278 Å². The normalized spacial score (nSPS) is 12.4. The van der Waals surface area contributed by atoms with Gasteiger partial charge in [0.25, 0.3) is 0 Å². The molecule has 12 aromatic carbocycles. The van der Waals surface area contributed by atoms with Crippen molar-refractivity contribution in [1.82, 2.24) is 18.3 Å². The van der Waals surface area contributed by atoms with E-state index in [2.05, 4.69) is 78.3 Å². The van der Waals surface area contributed by atoms with Gasteiger partial charge in [0.2, 0.25) is 0 Å². The number of benzene rings is 12. The summed E-state index contributed by atoms with van der Waals surface area (Å²) >= 11 is 40.6. The highest BCUT2D eigenvalue weighted by atomic mass is 79.9. The molecule has 128 heavy (non-hydrogen) atoms. The summed E-state index contributed by atoms with van der Waals surface area (Å²) in [5.41, 5.74) is 16.4. The molecular weight excluding hydrogens is 1810 g/mol. The van der Waals surface area contributed by atoms with Gasteiger partial charge in [0.05, 0.1) is 74.3 Å². The first kappa shape index (κ1) is 92.1. The van der Waals surface area contributed by atoms with Crippen molar-refractivity contribution in [2.45, 2.75) is 124 Å². The van der Waals surface area contributed by atoms with E-state index in [0.29, 0.717) is 93.1 Å². The minimum Gasteiger partial charge on any atom is -0.480 e. The summed E-state index contributed by atoms with van der Waals surface area (Å²) in [6.07, 6.45) is 11.9. The maximum absolute atomic E-state index is 13.2. The van der Waals surface area contributed by atoms with Crippen molar-refractivity contribution in [3.8, 4) is 11.1 Å². The first-order chi connectivity index (χ1) is 61.3. The number of para-hydroxylation sites is 2. The van der Waals surface area contributed by atoms with Crippen LogP contribution in [0.15, 0.2) is 248 Å². The van der Waals surface area contributed by atoms with Crippen LogP contribution in [0.1, 0.15) is 103 Å². The summed E-state index contributed by atoms with van der Waals surface area (Å²) in [4.78, 5) is 110. The zero-order valence-electron chi connectivity index (χ0n) is 69.9. The van der Waals surface area contributed by atoms with Gasteiger partial charge in [-0.2, -0.15) is 0 Å². The minimum absolute atomic E-state index is 0.00539. The number of fused-ring (bicyclic) bond motifs is 10. The predicted octanol–water partition coefficient (Wildman–Crippen LogP) is 24.2. The van der Waals surface area contributed by atoms with E-state index >= 15 is 0 Å². The van der Waals surface area contributed by atoms with Gasteiger partial charge >= 0.3 is 29.8 Å². The lowest BCUT2D eigenvalue weighted by Gasteiger charge is -2.32. The zero-order chi connectivity index (χ0) is 91.2. The number of rotatable bonds is 18. The molecular formula is C102H86BrCl6N5O14. The average Bonchev–Trinajstić information content (AvgIpc) is 0.748. The maximum atomic E-state index is 13.2. The van der Waals surface area contributed by atoms with Gasteiger partial charge < -0.3 is 48.7 Å². The van der Waals surface area contributed by atoms with E-state index in [1.165, 1.54) is 77.0 Å². The van der Waals surface area contributed by atoms with E-state index in [1.54, 1.807) is 92.6 Å². The Kier molecular flexibility index (Phi) is 28.8. The third-order valence-corrected chi connectivity index (χ3v) is 26.2. The minimum atomic E-state index is -1.04. The molecule has 5 heterocycles. The molecule has 0 radical (unpaired) electrons. The highest BCUT2D eigenvalue weighted by Crippen LogP contribution is 2.42. The number of halogens is 7. The van der Waals surface area contributed by atoms with Crippen LogP contribution in [-0.2, 0) is 75.8 Å². The Labute approximate surface area is 772 Å². The van der Waals surface area contributed by atoms with Crippen LogP contribution in [0.4, 0.5) is 11.4 Å². The smallest absolute Gasteiger partial charge is 0.323 e. The largest absolute Gasteiger partial charge is 0.480 e. The summed E-state index contributed by atoms with van der Waals surface area (Å²) in [6, 6.07) is 69.5. The van der Waals surface area contributed by atoms with E-state index in [9.17, 15) is 68.7 Å². The fourth-order valence-corrected chi connectivity index (χ4v) is 19.0. The Bertz CT molecular complexity index is 7390. The SMILES string of the molecule is CC(C)c1ccc(-c2ccc3c(=O)c4ccc(Cl)c(Cl)c4n(CC(=O)O)c3c2)cc1.Cc1cc(C)c2c(c1)c(=O)c1ccccc1n2CC(=O)O.O=C(O)CN1c2ccccc2Cc2cc(CCC3CCCCC3)ccc21.O=C(O)Cn1c2ccc(Br)cc2c(=O)c2ccc(Cl)c(Cl)c21.O=C(O)Cn1c2ccc(CCc3ccccc3)cc2c(=O)c2ccc(Cl)c(Cl)c21. The van der Waals surface area contributed by atoms with Gasteiger partial charge in [-0.1, -0.05) is 247 Å². The Balaban J connectivity index is 0.000000130. The second-order valence-electron chi connectivity index (χ2n) is 32.3. The first-order valence-corrected chi connectivity index (χ1v) is 44.6. The van der Waals surface area contributed by atoms with Crippen LogP contribution in [0.25, 0.3) is 98.4 Å². The Morgan fingerprint density at radius 1 is 0.375 bits per heavy atom. The third kappa shape index (κ3) is 20.1. The van der Waals surface area contributed by atoms with Crippen molar-refractivity contribution >= 4 is 214 Å². The molecule has 1 aliphatic heterocycles. The molecule has 0 unspecified atom stereocenters. The number of hydrogen-bond acceptors (Lipinski definition) is 10. The molecule has 26 heteroatoms. The zero-order valence-corrected chi connectivity index (χ0v) is 76.0. The van der Waals surface area contributed by atoms with Gasteiger partial charge in [-0.3, -0.25) is 43.2 Å². The molecule has 4 aromatic heterocycles. The molecule has 5 N–H and O–H groups in total. The summed E-state index contributed by atoms with van der Waals surface area (Å²) in [7, 11) is 0. The molecule has 652 valence electrons. The standard InChI is InChI=1S/C24H19Cl2NO3.C23H17Cl2NO3.C23H27NO2.C17H15NO3.C15H8BrCl2NO3/c1-13(2)14-3-5-15(6-4-14)16-7-8-17-20(11-16)27(12-21(28)29)23-18(24(17)30)9-10-19(25)22(23)26;24-18-10-9-16-22(21(18)25)26(13-20(27)28)19-11-8-15(12-17(19)23(16)29)7-6-14-4-2-1-3-5-14;25-23(26)16-24-21-9-5-4-8-19(21)15-20-14-18(12-13-22(20)24)11-10-17-6-2-1-3-7-17;1-10-7-11(2)16-13(8-10)17(21)12-5-3-4-6-14(12)18(16)9-15(19)20;16-7-1-4-11-9(5-7)15(22)8-2-3-10(17)13(18)14(8)19(11)6-12(20)21/h3-11,13H,12H2,1-2H3,(H,28,29);1-5,8-12H,6-7,13H2,(H,27,28);4-5,8-9,12-14,17H,1-3,6-7,10-11,15-16H2,(H,25,26);3-8H,9H2,1-2H3,(H,19,20);1-5H,6H2,(H,20,21). The Morgan fingerprint density at radius 2 is 0.820 bits per heavy atom. The van der Waals surface area contributed by atoms with Gasteiger partial charge in [-0.15, -0.1) is 0 Å².